The van der Waals surface area contributed by atoms with Crippen LogP contribution >= 0.6 is 0 Å². The summed E-state index contributed by atoms with van der Waals surface area (Å²) in [5, 5.41) is 5.19. The van der Waals surface area contributed by atoms with Crippen molar-refractivity contribution in [2.24, 2.45) is 0 Å². The first-order valence-electron chi connectivity index (χ1n) is 12.2. The van der Waals surface area contributed by atoms with Gasteiger partial charge >= 0.3 is 6.36 Å². The fourth-order valence-electron chi connectivity index (χ4n) is 4.13. The number of carbonyl (C=O) groups is 2. The first kappa shape index (κ1) is 28.0. The fraction of sp³-hybridized carbons (Fsp3) is 0.296. The number of carbonyl (C=O) groups excluding carboxylic acids is 2. The van der Waals surface area contributed by atoms with Gasteiger partial charge in [-0.15, -0.1) is 13.2 Å². The summed E-state index contributed by atoms with van der Waals surface area (Å²) in [4.78, 5) is 34.4. The summed E-state index contributed by atoms with van der Waals surface area (Å²) in [6.45, 7) is 4.52. The average Bonchev–Trinajstić information content (AvgIpc) is 2.89. The summed E-state index contributed by atoms with van der Waals surface area (Å²) < 4.78 is 56.6. The van der Waals surface area contributed by atoms with Gasteiger partial charge in [-0.05, 0) is 50.4 Å². The molecular weight excluding hydrogens is 518 g/mol. The molecule has 1 fully saturated rings. The third kappa shape index (κ3) is 7.30. The highest BCUT2D eigenvalue weighted by molar-refractivity contribution is 6.10. The Hall–Kier alpha value is -4.03. The molecule has 39 heavy (non-hydrogen) atoms. The molecule has 2 N–H and O–H groups in total. The van der Waals surface area contributed by atoms with Gasteiger partial charge in [-0.25, -0.2) is 4.39 Å². The number of hydrogen-bond acceptors (Lipinski definition) is 6. The zero-order valence-electron chi connectivity index (χ0n) is 21.3. The van der Waals surface area contributed by atoms with Crippen molar-refractivity contribution >= 4 is 23.2 Å². The van der Waals surface area contributed by atoms with E-state index in [1.807, 2.05) is 11.9 Å². The van der Waals surface area contributed by atoms with Crippen molar-refractivity contribution in [2.45, 2.75) is 19.3 Å². The van der Waals surface area contributed by atoms with Gasteiger partial charge in [0.1, 0.15) is 11.6 Å². The molecule has 12 heteroatoms. The largest absolute Gasteiger partial charge is 0.573 e. The van der Waals surface area contributed by atoms with E-state index in [9.17, 15) is 27.2 Å². The highest BCUT2D eigenvalue weighted by Crippen LogP contribution is 2.29. The van der Waals surface area contributed by atoms with Gasteiger partial charge in [-0.2, -0.15) is 0 Å². The van der Waals surface area contributed by atoms with Crippen molar-refractivity contribution < 1.29 is 31.9 Å². The molecule has 1 aromatic heterocycles. The van der Waals surface area contributed by atoms with Gasteiger partial charge in [-0.1, -0.05) is 12.1 Å². The van der Waals surface area contributed by atoms with Gasteiger partial charge in [0, 0.05) is 37.8 Å². The van der Waals surface area contributed by atoms with Crippen molar-refractivity contribution in [2.75, 3.05) is 43.9 Å². The predicted octanol–water partition coefficient (Wildman–Crippen LogP) is 4.61. The average molecular weight is 546 g/mol. The lowest BCUT2D eigenvalue weighted by molar-refractivity contribution is -0.274. The molecule has 8 nitrogen and oxygen atoms in total. The van der Waals surface area contributed by atoms with E-state index < -0.39 is 35.8 Å². The molecule has 2 heterocycles. The Morgan fingerprint density at radius 1 is 1.00 bits per heavy atom. The first-order chi connectivity index (χ1) is 18.5. The lowest BCUT2D eigenvalue weighted by atomic mass is 10.1. The number of amides is 2. The number of aromatic nitrogens is 1. The molecule has 0 saturated carbocycles. The molecule has 1 aliphatic heterocycles. The standard InChI is InChI=1S/C27H27F4N5O3/c1-17(36-13-11-35(2)12-14-36)25(37)34-24-15-19(39-27(29,30)31)8-9-21(24)26(38)33-18-7-10-23(32-16-18)20-5-3-4-6-22(20)28/h3-10,15-17H,11-14H2,1-2H3,(H,33,38)(H,34,37)/t17-/m0/s1. The summed E-state index contributed by atoms with van der Waals surface area (Å²) in [6.07, 6.45) is -3.63. The zero-order chi connectivity index (χ0) is 28.2. The summed E-state index contributed by atoms with van der Waals surface area (Å²) in [6, 6.07) is 11.6. The van der Waals surface area contributed by atoms with E-state index in [4.69, 9.17) is 0 Å². The summed E-state index contributed by atoms with van der Waals surface area (Å²) in [5.41, 5.74) is 0.678. The van der Waals surface area contributed by atoms with Gasteiger partial charge in [0.2, 0.25) is 5.91 Å². The van der Waals surface area contributed by atoms with Crippen LogP contribution in [0.5, 0.6) is 5.75 Å². The van der Waals surface area contributed by atoms with E-state index in [2.05, 4.69) is 25.3 Å². The highest BCUT2D eigenvalue weighted by atomic mass is 19.4. The number of rotatable bonds is 7. The van der Waals surface area contributed by atoms with Gasteiger partial charge in [0.15, 0.2) is 0 Å². The molecule has 0 radical (unpaired) electrons. The van der Waals surface area contributed by atoms with Crippen LogP contribution in [-0.4, -0.2) is 72.2 Å². The number of benzene rings is 2. The number of alkyl halides is 3. The monoisotopic (exact) mass is 545 g/mol. The smallest absolute Gasteiger partial charge is 0.406 e. The van der Waals surface area contributed by atoms with Gasteiger partial charge in [0.25, 0.3) is 5.91 Å². The van der Waals surface area contributed by atoms with E-state index in [0.29, 0.717) is 18.8 Å². The molecule has 206 valence electrons. The van der Waals surface area contributed by atoms with E-state index in [-0.39, 0.29) is 22.5 Å². The number of halogens is 4. The van der Waals surface area contributed by atoms with E-state index in [1.54, 1.807) is 25.1 Å². The predicted molar refractivity (Wildman–Crippen MR) is 138 cm³/mol. The molecule has 0 spiro atoms. The number of anilines is 2. The first-order valence-corrected chi connectivity index (χ1v) is 12.2. The quantitative estimate of drug-likeness (QED) is 0.422. The minimum atomic E-state index is -4.95. The number of hydrogen-bond donors (Lipinski definition) is 2. The van der Waals surface area contributed by atoms with Crippen LogP contribution < -0.4 is 15.4 Å². The van der Waals surface area contributed by atoms with Crippen LogP contribution in [0.4, 0.5) is 28.9 Å². The maximum Gasteiger partial charge on any atom is 0.573 e. The minimum Gasteiger partial charge on any atom is -0.406 e. The highest BCUT2D eigenvalue weighted by Gasteiger charge is 2.32. The van der Waals surface area contributed by atoms with Gasteiger partial charge < -0.3 is 20.3 Å². The maximum absolute atomic E-state index is 14.1. The molecule has 0 aliphatic carbocycles. The SMILES string of the molecule is C[C@@H](C(=O)Nc1cc(OC(F)(F)F)ccc1C(=O)Nc1ccc(-c2ccccc2F)nc1)N1CCN(C)CC1. The van der Waals surface area contributed by atoms with Gasteiger partial charge in [-0.3, -0.25) is 19.5 Å². The van der Waals surface area contributed by atoms with E-state index in [0.717, 1.165) is 31.3 Å². The molecule has 2 aromatic carbocycles. The summed E-state index contributed by atoms with van der Waals surface area (Å²) in [7, 11) is 1.97. The number of piperazine rings is 1. The Morgan fingerprint density at radius 3 is 2.36 bits per heavy atom. The topological polar surface area (TPSA) is 86.8 Å². The van der Waals surface area contributed by atoms with Crippen LogP contribution in [-0.2, 0) is 4.79 Å². The maximum atomic E-state index is 14.1. The third-order valence-corrected chi connectivity index (χ3v) is 6.36. The molecule has 0 unspecified atom stereocenters. The lowest BCUT2D eigenvalue weighted by Crippen LogP contribution is -2.51. The van der Waals surface area contributed by atoms with Gasteiger partial charge in [0.05, 0.1) is 34.9 Å². The second-order valence-corrected chi connectivity index (χ2v) is 9.13. The number of nitrogens with zero attached hydrogens (tertiary/aromatic N) is 3. The molecule has 1 aliphatic rings. The zero-order valence-corrected chi connectivity index (χ0v) is 21.3. The van der Waals surface area contributed by atoms with E-state index in [1.165, 1.54) is 24.4 Å². The van der Waals surface area contributed by atoms with Crippen LogP contribution in [0.2, 0.25) is 0 Å². The lowest BCUT2D eigenvalue weighted by Gasteiger charge is -2.35. The van der Waals surface area contributed by atoms with Crippen molar-refractivity contribution in [3.05, 3.63) is 72.2 Å². The number of nitrogens with one attached hydrogen (secondary N) is 2. The fourth-order valence-corrected chi connectivity index (χ4v) is 4.13. The van der Waals surface area contributed by atoms with Crippen molar-refractivity contribution in [1.29, 1.82) is 0 Å². The van der Waals surface area contributed by atoms with Crippen molar-refractivity contribution in [3.8, 4) is 17.0 Å². The molecular formula is C27H27F4N5O3. The number of likely N-dealkylation sites (N-methyl/N-ethyl adjacent to an activating group) is 1. The van der Waals surface area contributed by atoms with Crippen LogP contribution in [0.25, 0.3) is 11.3 Å². The Balaban J connectivity index is 1.54. The Labute approximate surface area is 222 Å². The summed E-state index contributed by atoms with van der Waals surface area (Å²) >= 11 is 0. The molecule has 2 amide bonds. The number of ether oxygens (including phenoxy) is 1. The minimum absolute atomic E-state index is 0.0818. The molecule has 0 bridgehead atoms. The normalized spacial score (nSPS) is 15.4. The van der Waals surface area contributed by atoms with Crippen LogP contribution in [0.3, 0.4) is 0 Å². The van der Waals surface area contributed by atoms with Crippen molar-refractivity contribution in [3.63, 3.8) is 0 Å². The van der Waals surface area contributed by atoms with Crippen LogP contribution in [0.15, 0.2) is 60.8 Å². The summed E-state index contributed by atoms with van der Waals surface area (Å²) in [5.74, 6) is -2.21. The Morgan fingerprint density at radius 2 is 1.72 bits per heavy atom. The second-order valence-electron chi connectivity index (χ2n) is 9.13. The van der Waals surface area contributed by atoms with E-state index >= 15 is 0 Å². The van der Waals surface area contributed by atoms with Crippen molar-refractivity contribution in [1.82, 2.24) is 14.8 Å². The third-order valence-electron chi connectivity index (χ3n) is 6.36. The second kappa shape index (κ2) is 11.8. The molecule has 4 rings (SSSR count). The van der Waals surface area contributed by atoms with Crippen LogP contribution in [0, 0.1) is 5.82 Å². The van der Waals surface area contributed by atoms with Crippen LogP contribution in [0.1, 0.15) is 17.3 Å². The Kier molecular flexibility index (Phi) is 8.46. The molecule has 3 aromatic rings. The Bertz CT molecular complexity index is 1330. The molecule has 1 atom stereocenters. The number of pyridine rings is 1. The molecule has 1 saturated heterocycles.